The van der Waals surface area contributed by atoms with Crippen molar-refractivity contribution in [3.8, 4) is 11.1 Å². The van der Waals surface area contributed by atoms with E-state index in [9.17, 15) is 0 Å². The molecule has 4 aliphatic rings. The standard InChI is InChI=1S/C75H84BN3/c1-69(2,3)51-30-25-31-56(42-51)77-65-46-55(73(13,14)15)32-36-60(65)76-61-45-54(72(10,11)12)35-39-64(61)78(62-37-33-52(70(4,5)6)43-58(62)49-26-19-17-20-27-49)67-48-57(47-66(77)68(67)76)79-63-38-34-53(71(7,8)9)44-59(63)75(50-28-21-18-22-29-50)41-24-23-40-74(75,79)16/h17-22,25-39,42-48H,23-24,40-41H2,1-16H3. The fourth-order valence-electron chi connectivity index (χ4n) is 14.4. The lowest BCUT2D eigenvalue weighted by Crippen LogP contribution is -2.62. The van der Waals surface area contributed by atoms with Crippen molar-refractivity contribution in [1.29, 1.82) is 0 Å². The molecule has 1 aliphatic carbocycles. The van der Waals surface area contributed by atoms with Gasteiger partial charge in [-0.1, -0.05) is 232 Å². The zero-order valence-electron chi connectivity index (χ0n) is 50.4. The lowest BCUT2D eigenvalue weighted by molar-refractivity contribution is 0.215. The molecule has 79 heavy (non-hydrogen) atoms. The normalized spacial score (nSPS) is 18.9. The third kappa shape index (κ3) is 8.43. The van der Waals surface area contributed by atoms with Crippen molar-refractivity contribution in [2.45, 2.75) is 174 Å². The highest BCUT2D eigenvalue weighted by molar-refractivity contribution is 7.00. The maximum atomic E-state index is 2.86. The van der Waals surface area contributed by atoms with E-state index < -0.39 is 0 Å². The van der Waals surface area contributed by atoms with Crippen LogP contribution in [0.2, 0.25) is 0 Å². The van der Waals surface area contributed by atoms with Crippen molar-refractivity contribution in [2.24, 2.45) is 0 Å². The average molecular weight is 1040 g/mol. The molecule has 3 aliphatic heterocycles. The van der Waals surface area contributed by atoms with Crippen molar-refractivity contribution < 1.29 is 0 Å². The highest BCUT2D eigenvalue weighted by Crippen LogP contribution is 2.65. The Morgan fingerprint density at radius 2 is 0.899 bits per heavy atom. The molecular formula is C75H84BN3. The monoisotopic (exact) mass is 1040 g/mol. The second-order valence-corrected chi connectivity index (χ2v) is 29.3. The van der Waals surface area contributed by atoms with Crippen LogP contribution in [0.25, 0.3) is 11.1 Å². The summed E-state index contributed by atoms with van der Waals surface area (Å²) >= 11 is 0. The third-order valence-corrected chi connectivity index (χ3v) is 18.9. The molecule has 0 saturated heterocycles. The summed E-state index contributed by atoms with van der Waals surface area (Å²) in [6, 6.07) is 67.4. The molecular weight excluding hydrogens is 954 g/mol. The number of rotatable bonds is 5. The summed E-state index contributed by atoms with van der Waals surface area (Å²) in [4.78, 5) is 8.24. The van der Waals surface area contributed by atoms with E-state index in [1.807, 2.05) is 0 Å². The third-order valence-electron chi connectivity index (χ3n) is 18.9. The SMILES string of the molecule is CC(C)(C)c1cccc(N2c3cc(C(C)(C)C)ccc3B3c4cc(C(C)(C)C)ccc4N(c4ccc(C(C)(C)C)cc4-c4ccccc4)c4cc(N5c6ccc(C(C)(C)C)cc6C6(c7ccccc7)CCCCC56C)cc2c43)c1. The minimum atomic E-state index is -0.294. The Morgan fingerprint density at radius 3 is 1.53 bits per heavy atom. The quantitative estimate of drug-likeness (QED) is 0.159. The van der Waals surface area contributed by atoms with Gasteiger partial charge in [-0.2, -0.15) is 0 Å². The highest BCUT2D eigenvalue weighted by Gasteiger charge is 2.61. The van der Waals surface area contributed by atoms with Gasteiger partial charge in [0.15, 0.2) is 0 Å². The maximum Gasteiger partial charge on any atom is 0.252 e. The van der Waals surface area contributed by atoms with E-state index in [1.54, 1.807) is 0 Å². The molecule has 0 N–H and O–H groups in total. The second-order valence-electron chi connectivity index (χ2n) is 29.3. The van der Waals surface area contributed by atoms with Gasteiger partial charge < -0.3 is 14.7 Å². The largest absolute Gasteiger partial charge is 0.334 e. The molecule has 0 spiro atoms. The lowest BCUT2D eigenvalue weighted by atomic mass is 9.33. The lowest BCUT2D eigenvalue weighted by Gasteiger charge is -2.53. The molecule has 402 valence electrons. The molecule has 3 nitrogen and oxygen atoms in total. The van der Waals surface area contributed by atoms with Crippen LogP contribution in [0.1, 0.15) is 175 Å². The van der Waals surface area contributed by atoms with Gasteiger partial charge in [-0.25, -0.2) is 0 Å². The molecule has 3 heterocycles. The summed E-state index contributed by atoms with van der Waals surface area (Å²) in [7, 11) is 0. The number of nitrogens with zero attached hydrogens (tertiary/aromatic N) is 3. The van der Waals surface area contributed by atoms with Crippen LogP contribution in [0.4, 0.5) is 45.5 Å². The minimum absolute atomic E-state index is 0.0163. The minimum Gasteiger partial charge on any atom is -0.334 e. The number of benzene rings is 8. The van der Waals surface area contributed by atoms with Crippen LogP contribution in [-0.2, 0) is 32.5 Å². The number of hydrogen-bond acceptors (Lipinski definition) is 3. The highest BCUT2D eigenvalue weighted by atomic mass is 15.3. The Labute approximate surface area is 475 Å². The van der Waals surface area contributed by atoms with Crippen LogP contribution in [0.15, 0.2) is 170 Å². The molecule has 0 aromatic heterocycles. The van der Waals surface area contributed by atoms with E-state index in [1.165, 1.54) is 125 Å². The zero-order valence-corrected chi connectivity index (χ0v) is 50.4. The molecule has 0 radical (unpaired) electrons. The van der Waals surface area contributed by atoms with Gasteiger partial charge in [0.1, 0.15) is 0 Å². The molecule has 2 atom stereocenters. The number of anilines is 8. The summed E-state index contributed by atoms with van der Waals surface area (Å²) in [6.07, 6.45) is 4.52. The van der Waals surface area contributed by atoms with E-state index in [0.29, 0.717) is 0 Å². The Hall–Kier alpha value is -6.78. The molecule has 4 heteroatoms. The van der Waals surface area contributed by atoms with Crippen LogP contribution in [0.5, 0.6) is 0 Å². The van der Waals surface area contributed by atoms with Gasteiger partial charge in [0.2, 0.25) is 0 Å². The first-order chi connectivity index (χ1) is 37.2. The Bertz CT molecular complexity index is 3680. The first-order valence-corrected chi connectivity index (χ1v) is 29.6. The summed E-state index contributed by atoms with van der Waals surface area (Å²) < 4.78 is 0. The summed E-state index contributed by atoms with van der Waals surface area (Å²) in [5.41, 5.74) is 25.2. The fourth-order valence-corrected chi connectivity index (χ4v) is 14.4. The van der Waals surface area contributed by atoms with Gasteiger partial charge in [-0.05, 0) is 162 Å². The zero-order chi connectivity index (χ0) is 56.0. The van der Waals surface area contributed by atoms with Gasteiger partial charge in [0.25, 0.3) is 6.71 Å². The number of hydrogen-bond donors (Lipinski definition) is 0. The van der Waals surface area contributed by atoms with Gasteiger partial charge in [-0.3, -0.25) is 0 Å². The van der Waals surface area contributed by atoms with Crippen LogP contribution in [-0.4, -0.2) is 12.3 Å². The predicted molar refractivity (Wildman–Crippen MR) is 342 cm³/mol. The number of fused-ring (bicyclic) bond motifs is 7. The molecule has 0 amide bonds. The summed E-state index contributed by atoms with van der Waals surface area (Å²) in [6.45, 7) is 38.0. The molecule has 2 unspecified atom stereocenters. The van der Waals surface area contributed by atoms with Crippen LogP contribution in [0.3, 0.4) is 0 Å². The Balaban J connectivity index is 1.26. The smallest absolute Gasteiger partial charge is 0.252 e. The van der Waals surface area contributed by atoms with E-state index in [0.717, 1.165) is 12.8 Å². The van der Waals surface area contributed by atoms with E-state index in [-0.39, 0.29) is 44.7 Å². The van der Waals surface area contributed by atoms with Crippen molar-refractivity contribution in [3.63, 3.8) is 0 Å². The Kier molecular flexibility index (Phi) is 12.1. The van der Waals surface area contributed by atoms with Crippen molar-refractivity contribution in [1.82, 2.24) is 0 Å². The van der Waals surface area contributed by atoms with Crippen molar-refractivity contribution >= 4 is 68.6 Å². The summed E-state index contributed by atoms with van der Waals surface area (Å²) in [5, 5.41) is 0. The molecule has 1 fully saturated rings. The molecule has 8 aromatic carbocycles. The van der Waals surface area contributed by atoms with Gasteiger partial charge in [-0.15, -0.1) is 0 Å². The van der Waals surface area contributed by atoms with Crippen LogP contribution in [0, 0.1) is 0 Å². The van der Waals surface area contributed by atoms with Gasteiger partial charge in [0.05, 0.1) is 11.2 Å². The molecule has 12 rings (SSSR count). The molecule has 8 aromatic rings. The van der Waals surface area contributed by atoms with Crippen LogP contribution < -0.4 is 31.1 Å². The molecule has 0 bridgehead atoms. The van der Waals surface area contributed by atoms with E-state index in [4.69, 9.17) is 0 Å². The molecule has 1 saturated carbocycles. The van der Waals surface area contributed by atoms with Gasteiger partial charge >= 0.3 is 0 Å². The predicted octanol–water partition coefficient (Wildman–Crippen LogP) is 18.7. The first kappa shape index (κ1) is 52.9. The van der Waals surface area contributed by atoms with Crippen LogP contribution >= 0.6 is 0 Å². The second kappa shape index (κ2) is 18.1. The van der Waals surface area contributed by atoms with Crippen molar-refractivity contribution in [2.75, 3.05) is 14.7 Å². The van der Waals surface area contributed by atoms with Gasteiger partial charge in [0, 0.05) is 50.8 Å². The van der Waals surface area contributed by atoms with E-state index in [2.05, 4.69) is 295 Å². The Morgan fingerprint density at radius 1 is 0.380 bits per heavy atom. The maximum absolute atomic E-state index is 2.86. The topological polar surface area (TPSA) is 9.72 Å². The average Bonchev–Trinajstić information content (AvgIpc) is 3.11. The van der Waals surface area contributed by atoms with E-state index >= 15 is 0 Å². The fraction of sp³-hybridized carbons (Fsp3) is 0.360. The van der Waals surface area contributed by atoms with Crippen molar-refractivity contribution in [3.05, 3.63) is 209 Å². The first-order valence-electron chi connectivity index (χ1n) is 29.6. The summed E-state index contributed by atoms with van der Waals surface area (Å²) in [5.74, 6) is 0.